The highest BCUT2D eigenvalue weighted by Gasteiger charge is 2.14. The van der Waals surface area contributed by atoms with Crippen LogP contribution in [0, 0.1) is 17.0 Å². The van der Waals surface area contributed by atoms with Crippen molar-refractivity contribution in [3.05, 3.63) is 56.5 Å². The third-order valence-electron chi connectivity index (χ3n) is 3.06. The van der Waals surface area contributed by atoms with Crippen molar-refractivity contribution in [2.45, 2.75) is 26.8 Å². The molecule has 0 aliphatic heterocycles. The molecule has 2 rings (SSSR count). The van der Waals surface area contributed by atoms with E-state index in [1.54, 1.807) is 25.1 Å². The van der Waals surface area contributed by atoms with Crippen molar-refractivity contribution < 1.29 is 4.92 Å². The van der Waals surface area contributed by atoms with Gasteiger partial charge in [0.1, 0.15) is 16.8 Å². The first-order chi connectivity index (χ1) is 10.0. The number of nitro groups is 1. The Morgan fingerprint density at radius 1 is 1.33 bits per heavy atom. The van der Waals surface area contributed by atoms with Gasteiger partial charge in [0.25, 0.3) is 5.69 Å². The molecule has 0 atom stereocenters. The summed E-state index contributed by atoms with van der Waals surface area (Å²) in [6.07, 6.45) is 0.679. The number of aromatic nitrogens is 2. The minimum atomic E-state index is -0.393. The van der Waals surface area contributed by atoms with Crippen LogP contribution in [-0.4, -0.2) is 14.9 Å². The summed E-state index contributed by atoms with van der Waals surface area (Å²) < 4.78 is 0. The zero-order chi connectivity index (χ0) is 15.4. The van der Waals surface area contributed by atoms with Gasteiger partial charge in [0.15, 0.2) is 0 Å². The zero-order valence-electron chi connectivity index (χ0n) is 11.8. The fourth-order valence-electron chi connectivity index (χ4n) is 2.04. The van der Waals surface area contributed by atoms with Crippen molar-refractivity contribution in [2.24, 2.45) is 0 Å². The van der Waals surface area contributed by atoms with Gasteiger partial charge in [-0.2, -0.15) is 0 Å². The molecule has 0 radical (unpaired) electrons. The highest BCUT2D eigenvalue weighted by Crippen LogP contribution is 2.24. The number of nitrogens with zero attached hydrogens (tertiary/aromatic N) is 3. The van der Waals surface area contributed by atoms with Crippen LogP contribution in [-0.2, 0) is 13.0 Å². The first-order valence-corrected chi connectivity index (χ1v) is 6.90. The van der Waals surface area contributed by atoms with Crippen molar-refractivity contribution in [1.82, 2.24) is 9.97 Å². The van der Waals surface area contributed by atoms with Gasteiger partial charge in [-0.15, -0.1) is 0 Å². The van der Waals surface area contributed by atoms with Crippen molar-refractivity contribution >= 4 is 23.1 Å². The SMILES string of the molecule is CCc1c(Cl)nc(C)nc1NCc1ccccc1[N+](=O)[O-]. The first kappa shape index (κ1) is 15.2. The molecular formula is C14H15ClN4O2. The van der Waals surface area contributed by atoms with E-state index in [-0.39, 0.29) is 5.69 Å². The maximum Gasteiger partial charge on any atom is 0.274 e. The molecule has 0 saturated heterocycles. The molecule has 1 heterocycles. The summed E-state index contributed by atoms with van der Waals surface area (Å²) in [5.41, 5.74) is 1.48. The Hall–Kier alpha value is -2.21. The van der Waals surface area contributed by atoms with Crippen LogP contribution in [0.1, 0.15) is 23.9 Å². The van der Waals surface area contributed by atoms with Crippen LogP contribution in [0.5, 0.6) is 0 Å². The molecule has 110 valence electrons. The minimum Gasteiger partial charge on any atom is -0.365 e. The van der Waals surface area contributed by atoms with E-state index in [1.165, 1.54) is 6.07 Å². The molecule has 0 aliphatic carbocycles. The molecule has 0 amide bonds. The van der Waals surface area contributed by atoms with Gasteiger partial charge in [-0.25, -0.2) is 9.97 Å². The number of anilines is 1. The van der Waals surface area contributed by atoms with Gasteiger partial charge in [-0.05, 0) is 13.3 Å². The quantitative estimate of drug-likeness (QED) is 0.519. The molecule has 0 saturated carbocycles. The van der Waals surface area contributed by atoms with E-state index in [1.807, 2.05) is 6.92 Å². The van der Waals surface area contributed by atoms with E-state index >= 15 is 0 Å². The minimum absolute atomic E-state index is 0.0833. The molecule has 7 heteroatoms. The Morgan fingerprint density at radius 3 is 2.71 bits per heavy atom. The summed E-state index contributed by atoms with van der Waals surface area (Å²) in [4.78, 5) is 19.0. The normalized spacial score (nSPS) is 10.4. The van der Waals surface area contributed by atoms with Crippen molar-refractivity contribution in [2.75, 3.05) is 5.32 Å². The molecular weight excluding hydrogens is 292 g/mol. The molecule has 0 unspecified atom stereocenters. The summed E-state index contributed by atoms with van der Waals surface area (Å²) in [6.45, 7) is 4.01. The maximum atomic E-state index is 11.0. The number of hydrogen-bond acceptors (Lipinski definition) is 5. The lowest BCUT2D eigenvalue weighted by Gasteiger charge is -2.12. The van der Waals surface area contributed by atoms with E-state index in [9.17, 15) is 10.1 Å². The van der Waals surface area contributed by atoms with Crippen molar-refractivity contribution in [3.63, 3.8) is 0 Å². The summed E-state index contributed by atoms with van der Waals surface area (Å²) in [5.74, 6) is 1.18. The van der Waals surface area contributed by atoms with E-state index in [2.05, 4.69) is 15.3 Å². The number of para-hydroxylation sites is 1. The third-order valence-corrected chi connectivity index (χ3v) is 3.37. The monoisotopic (exact) mass is 306 g/mol. The highest BCUT2D eigenvalue weighted by molar-refractivity contribution is 6.30. The number of aryl methyl sites for hydroxylation is 1. The molecule has 6 nitrogen and oxygen atoms in total. The molecule has 21 heavy (non-hydrogen) atoms. The van der Waals surface area contributed by atoms with Gasteiger partial charge in [-0.3, -0.25) is 10.1 Å². The van der Waals surface area contributed by atoms with Gasteiger partial charge in [0.2, 0.25) is 0 Å². The molecule has 0 fully saturated rings. The zero-order valence-corrected chi connectivity index (χ0v) is 12.5. The maximum absolute atomic E-state index is 11.0. The first-order valence-electron chi connectivity index (χ1n) is 6.52. The number of halogens is 1. The Morgan fingerprint density at radius 2 is 2.05 bits per heavy atom. The van der Waals surface area contributed by atoms with Gasteiger partial charge < -0.3 is 5.32 Å². The molecule has 0 spiro atoms. The van der Waals surface area contributed by atoms with Crippen molar-refractivity contribution in [3.8, 4) is 0 Å². The predicted octanol–water partition coefficient (Wildman–Crippen LogP) is 3.52. The lowest BCUT2D eigenvalue weighted by atomic mass is 10.1. The number of nitrogens with one attached hydrogen (secondary N) is 1. The molecule has 1 aromatic heterocycles. The molecule has 1 aromatic carbocycles. The van der Waals surface area contributed by atoms with E-state index in [4.69, 9.17) is 11.6 Å². The van der Waals surface area contributed by atoms with E-state index in [0.717, 1.165) is 5.56 Å². The fraction of sp³-hybridized carbons (Fsp3) is 0.286. The summed E-state index contributed by atoms with van der Waals surface area (Å²) in [6, 6.07) is 6.61. The van der Waals surface area contributed by atoms with Gasteiger partial charge in [0.05, 0.1) is 4.92 Å². The second-order valence-electron chi connectivity index (χ2n) is 4.48. The fourth-order valence-corrected chi connectivity index (χ4v) is 2.38. The smallest absolute Gasteiger partial charge is 0.274 e. The van der Waals surface area contributed by atoms with Crippen LogP contribution in [0.3, 0.4) is 0 Å². The van der Waals surface area contributed by atoms with E-state index < -0.39 is 4.92 Å². The molecule has 1 N–H and O–H groups in total. The van der Waals surface area contributed by atoms with Crippen LogP contribution in [0.25, 0.3) is 0 Å². The average Bonchev–Trinajstić information content (AvgIpc) is 2.44. The Kier molecular flexibility index (Phi) is 4.70. The van der Waals surface area contributed by atoms with Gasteiger partial charge in [0, 0.05) is 23.7 Å². The van der Waals surface area contributed by atoms with E-state index in [0.29, 0.717) is 35.3 Å². The van der Waals surface area contributed by atoms with Crippen LogP contribution in [0.4, 0.5) is 11.5 Å². The Bertz CT molecular complexity index is 676. The Balaban J connectivity index is 2.27. The highest BCUT2D eigenvalue weighted by atomic mass is 35.5. The summed E-state index contributed by atoms with van der Waals surface area (Å²) in [5, 5.41) is 14.5. The van der Waals surface area contributed by atoms with Gasteiger partial charge >= 0.3 is 0 Å². The largest absolute Gasteiger partial charge is 0.365 e. The number of nitro benzene ring substituents is 1. The average molecular weight is 307 g/mol. The van der Waals surface area contributed by atoms with Crippen molar-refractivity contribution in [1.29, 1.82) is 0 Å². The third kappa shape index (κ3) is 3.46. The number of hydrogen-bond donors (Lipinski definition) is 1. The van der Waals surface area contributed by atoms with Crippen LogP contribution < -0.4 is 5.32 Å². The summed E-state index contributed by atoms with van der Waals surface area (Å²) >= 11 is 6.10. The molecule has 0 bridgehead atoms. The van der Waals surface area contributed by atoms with Crippen LogP contribution in [0.15, 0.2) is 24.3 Å². The second kappa shape index (κ2) is 6.49. The lowest BCUT2D eigenvalue weighted by Crippen LogP contribution is -2.08. The topological polar surface area (TPSA) is 81.0 Å². The van der Waals surface area contributed by atoms with Crippen LogP contribution >= 0.6 is 11.6 Å². The summed E-state index contributed by atoms with van der Waals surface area (Å²) in [7, 11) is 0. The number of benzene rings is 1. The second-order valence-corrected chi connectivity index (χ2v) is 4.84. The van der Waals surface area contributed by atoms with Gasteiger partial charge in [-0.1, -0.05) is 36.7 Å². The number of rotatable bonds is 5. The predicted molar refractivity (Wildman–Crippen MR) is 81.6 cm³/mol. The Labute approximate surface area is 127 Å². The van der Waals surface area contributed by atoms with Crippen LogP contribution in [0.2, 0.25) is 5.15 Å². The molecule has 0 aliphatic rings. The lowest BCUT2D eigenvalue weighted by molar-refractivity contribution is -0.385. The molecule has 2 aromatic rings. The standard InChI is InChI=1S/C14H15ClN4O2/c1-3-11-13(15)17-9(2)18-14(11)16-8-10-6-4-5-7-12(10)19(20)21/h4-7H,3,8H2,1-2H3,(H,16,17,18).